The highest BCUT2D eigenvalue weighted by atomic mass is 16.5. The lowest BCUT2D eigenvalue weighted by Crippen LogP contribution is -2.31. The van der Waals surface area contributed by atoms with E-state index in [9.17, 15) is 19.2 Å². The fourth-order valence-electron chi connectivity index (χ4n) is 4.27. The minimum Gasteiger partial charge on any atom is -0.449 e. The Morgan fingerprint density at radius 2 is 1.50 bits per heavy atom. The number of benzene rings is 3. The summed E-state index contributed by atoms with van der Waals surface area (Å²) in [6, 6.07) is 18.7. The van der Waals surface area contributed by atoms with Crippen molar-refractivity contribution in [1.82, 2.24) is 4.57 Å². The summed E-state index contributed by atoms with van der Waals surface area (Å²) >= 11 is 0. The highest BCUT2D eigenvalue weighted by Gasteiger charge is 2.32. The second-order valence-electron chi connectivity index (χ2n) is 8.14. The third kappa shape index (κ3) is 3.38. The normalized spacial score (nSPS) is 13.2. The van der Waals surface area contributed by atoms with Gasteiger partial charge in [-0.05, 0) is 19.1 Å². The third-order valence-corrected chi connectivity index (χ3v) is 5.98. The highest BCUT2D eigenvalue weighted by Crippen LogP contribution is 2.32. The van der Waals surface area contributed by atoms with Gasteiger partial charge >= 0.3 is 5.97 Å². The maximum absolute atomic E-state index is 13.1. The number of nitrogens with one attached hydrogen (secondary N) is 1. The summed E-state index contributed by atoms with van der Waals surface area (Å²) in [5, 5.41) is 3.38. The lowest BCUT2D eigenvalue weighted by molar-refractivity contribution is -0.123. The zero-order chi connectivity index (χ0) is 24.0. The van der Waals surface area contributed by atoms with Crippen molar-refractivity contribution < 1.29 is 23.9 Å². The molecule has 0 saturated heterocycles. The zero-order valence-electron chi connectivity index (χ0n) is 18.5. The van der Waals surface area contributed by atoms with Crippen LogP contribution in [0, 0.1) is 0 Å². The van der Waals surface area contributed by atoms with Gasteiger partial charge in [-0.2, -0.15) is 0 Å². The molecule has 7 heteroatoms. The van der Waals surface area contributed by atoms with Crippen molar-refractivity contribution in [1.29, 1.82) is 0 Å². The Hall–Kier alpha value is -4.52. The van der Waals surface area contributed by atoms with Crippen LogP contribution in [0.1, 0.15) is 49.1 Å². The molecule has 1 aromatic heterocycles. The second kappa shape index (κ2) is 8.12. The first kappa shape index (κ1) is 21.3. The molecule has 1 N–H and O–H groups in total. The minimum atomic E-state index is -1.14. The number of nitrogens with zero attached hydrogens (tertiary/aromatic N) is 1. The Labute approximate surface area is 195 Å². The number of aryl methyl sites for hydroxylation is 1. The number of ether oxygens (including phenoxy) is 1. The van der Waals surface area contributed by atoms with Crippen LogP contribution in [0.3, 0.4) is 0 Å². The Bertz CT molecular complexity index is 1510. The van der Waals surface area contributed by atoms with Crippen molar-refractivity contribution in [2.24, 2.45) is 7.05 Å². The van der Waals surface area contributed by atoms with Crippen LogP contribution >= 0.6 is 0 Å². The number of aromatic nitrogens is 1. The van der Waals surface area contributed by atoms with E-state index in [1.54, 1.807) is 48.7 Å². The molecule has 4 aromatic rings. The van der Waals surface area contributed by atoms with E-state index in [1.165, 1.54) is 6.92 Å². The minimum absolute atomic E-state index is 0.132. The van der Waals surface area contributed by atoms with Crippen LogP contribution in [0.5, 0.6) is 0 Å². The molecule has 0 fully saturated rings. The molecule has 0 radical (unpaired) electrons. The van der Waals surface area contributed by atoms with Crippen LogP contribution in [0.2, 0.25) is 0 Å². The predicted octanol–water partition coefficient (Wildman–Crippen LogP) is 4.14. The molecular formula is C27H20N2O5. The van der Waals surface area contributed by atoms with Crippen molar-refractivity contribution >= 4 is 40.0 Å². The van der Waals surface area contributed by atoms with Crippen molar-refractivity contribution in [3.63, 3.8) is 0 Å². The van der Waals surface area contributed by atoms with Gasteiger partial charge in [-0.3, -0.25) is 14.4 Å². The Morgan fingerprint density at radius 1 is 0.853 bits per heavy atom. The molecule has 0 aliphatic heterocycles. The monoisotopic (exact) mass is 452 g/mol. The molecule has 1 amide bonds. The largest absolute Gasteiger partial charge is 0.449 e. The molecule has 0 bridgehead atoms. The molecule has 1 aliphatic rings. The van der Waals surface area contributed by atoms with Gasteiger partial charge in [0, 0.05) is 40.8 Å². The number of esters is 1. The molecule has 7 nitrogen and oxygen atoms in total. The molecule has 0 spiro atoms. The van der Waals surface area contributed by atoms with E-state index in [0.29, 0.717) is 11.1 Å². The molecule has 168 valence electrons. The summed E-state index contributed by atoms with van der Waals surface area (Å²) in [6.45, 7) is 1.45. The number of hydrogen-bond acceptors (Lipinski definition) is 5. The summed E-state index contributed by atoms with van der Waals surface area (Å²) in [4.78, 5) is 51.7. The number of ketones is 2. The number of fused-ring (bicyclic) bond motifs is 3. The second-order valence-corrected chi connectivity index (χ2v) is 8.14. The number of rotatable bonds is 4. The van der Waals surface area contributed by atoms with E-state index in [0.717, 1.165) is 10.9 Å². The van der Waals surface area contributed by atoms with E-state index < -0.39 is 18.0 Å². The number of carbonyl (C=O) groups is 4. The van der Waals surface area contributed by atoms with Crippen LogP contribution in [0.15, 0.2) is 72.9 Å². The van der Waals surface area contributed by atoms with Gasteiger partial charge in [-0.15, -0.1) is 0 Å². The molecule has 5 rings (SSSR count). The fourth-order valence-corrected chi connectivity index (χ4v) is 4.27. The highest BCUT2D eigenvalue weighted by molar-refractivity contribution is 6.30. The lowest BCUT2D eigenvalue weighted by Gasteiger charge is -2.21. The Balaban J connectivity index is 1.38. The van der Waals surface area contributed by atoms with Crippen molar-refractivity contribution in [2.45, 2.75) is 13.0 Å². The Kier molecular flexibility index (Phi) is 5.09. The number of para-hydroxylation sites is 1. The quantitative estimate of drug-likeness (QED) is 0.414. The van der Waals surface area contributed by atoms with Crippen molar-refractivity contribution in [3.8, 4) is 0 Å². The first-order chi connectivity index (χ1) is 16.4. The fraction of sp³-hybridized carbons (Fsp3) is 0.111. The molecule has 3 aromatic carbocycles. The number of anilines is 1. The first-order valence-electron chi connectivity index (χ1n) is 10.7. The van der Waals surface area contributed by atoms with E-state index in [2.05, 4.69) is 5.32 Å². The van der Waals surface area contributed by atoms with Gasteiger partial charge in [0.05, 0.1) is 16.8 Å². The molecule has 0 saturated carbocycles. The molecule has 1 heterocycles. The van der Waals surface area contributed by atoms with Crippen LogP contribution in [0.4, 0.5) is 5.69 Å². The first-order valence-corrected chi connectivity index (χ1v) is 10.7. The summed E-state index contributed by atoms with van der Waals surface area (Å²) in [6.07, 6.45) is 0.524. The number of hydrogen-bond donors (Lipinski definition) is 1. The number of amides is 1. The van der Waals surface area contributed by atoms with E-state index in [-0.39, 0.29) is 33.9 Å². The summed E-state index contributed by atoms with van der Waals surface area (Å²) in [5.41, 5.74) is 2.40. The molecule has 1 atom stereocenters. The smallest absolute Gasteiger partial charge is 0.341 e. The van der Waals surface area contributed by atoms with Gasteiger partial charge in [0.2, 0.25) is 0 Å². The topological polar surface area (TPSA) is 94.5 Å². The molecule has 34 heavy (non-hydrogen) atoms. The zero-order valence-corrected chi connectivity index (χ0v) is 18.5. The lowest BCUT2D eigenvalue weighted by atomic mass is 9.83. The van der Waals surface area contributed by atoms with Gasteiger partial charge in [0.25, 0.3) is 5.91 Å². The van der Waals surface area contributed by atoms with Crippen LogP contribution in [-0.2, 0) is 16.6 Å². The third-order valence-electron chi connectivity index (χ3n) is 5.98. The van der Waals surface area contributed by atoms with Gasteiger partial charge in [-0.25, -0.2) is 4.79 Å². The van der Waals surface area contributed by atoms with Crippen molar-refractivity contribution in [3.05, 3.63) is 101 Å². The molecule has 1 aliphatic carbocycles. The van der Waals surface area contributed by atoms with Gasteiger partial charge in [-0.1, -0.05) is 54.6 Å². The SMILES string of the molecule is CC(OC(=O)c1cn(C)c2ccccc12)C(=O)Nc1cccc2c1C(=O)c1ccccc1C2=O. The van der Waals surface area contributed by atoms with Gasteiger partial charge in [0.1, 0.15) is 0 Å². The van der Waals surface area contributed by atoms with E-state index >= 15 is 0 Å². The van der Waals surface area contributed by atoms with Gasteiger partial charge in [0.15, 0.2) is 17.7 Å². The predicted molar refractivity (Wildman–Crippen MR) is 126 cm³/mol. The Morgan fingerprint density at radius 3 is 2.26 bits per heavy atom. The average molecular weight is 452 g/mol. The number of carbonyl (C=O) groups excluding carboxylic acids is 4. The maximum atomic E-state index is 13.1. The average Bonchev–Trinajstić information content (AvgIpc) is 3.19. The van der Waals surface area contributed by atoms with Gasteiger partial charge < -0.3 is 14.6 Å². The molecule has 1 unspecified atom stereocenters. The van der Waals surface area contributed by atoms with Crippen molar-refractivity contribution in [2.75, 3.05) is 5.32 Å². The van der Waals surface area contributed by atoms with E-state index in [4.69, 9.17) is 4.74 Å². The molecular weight excluding hydrogens is 432 g/mol. The van der Waals surface area contributed by atoms with Crippen LogP contribution < -0.4 is 5.32 Å². The summed E-state index contributed by atoms with van der Waals surface area (Å²) in [7, 11) is 1.82. The van der Waals surface area contributed by atoms with Crippen LogP contribution in [0.25, 0.3) is 10.9 Å². The summed E-state index contributed by atoms with van der Waals surface area (Å²) in [5.74, 6) is -1.87. The summed E-state index contributed by atoms with van der Waals surface area (Å²) < 4.78 is 7.24. The maximum Gasteiger partial charge on any atom is 0.341 e. The van der Waals surface area contributed by atoms with E-state index in [1.807, 2.05) is 35.9 Å². The van der Waals surface area contributed by atoms with Crippen LogP contribution in [-0.4, -0.2) is 34.1 Å². The standard InChI is InChI=1S/C27H20N2O5/c1-15(34-27(33)20-14-29(2)22-13-6-5-8-16(20)22)26(32)28-21-12-7-11-19-23(21)25(31)18-10-4-3-9-17(18)24(19)30/h3-15H,1-2H3,(H,28,32).